The van der Waals surface area contributed by atoms with Crippen molar-refractivity contribution in [2.24, 2.45) is 5.92 Å². The van der Waals surface area contributed by atoms with Gasteiger partial charge >= 0.3 is 0 Å². The Morgan fingerprint density at radius 3 is 1.85 bits per heavy atom. The van der Waals surface area contributed by atoms with Crippen molar-refractivity contribution in [3.8, 4) is 0 Å². The third-order valence-electron chi connectivity index (χ3n) is 3.34. The summed E-state index contributed by atoms with van der Waals surface area (Å²) in [6.45, 7) is 13.2. The molecule has 20 heavy (non-hydrogen) atoms. The van der Waals surface area contributed by atoms with E-state index < -0.39 is 0 Å². The van der Waals surface area contributed by atoms with Gasteiger partial charge in [-0.05, 0) is 26.7 Å². The summed E-state index contributed by atoms with van der Waals surface area (Å²) < 4.78 is 0. The molecule has 0 aliphatic carbocycles. The molecule has 0 aromatic rings. The Balaban J connectivity index is 2.34. The molecule has 0 saturated carbocycles. The highest BCUT2D eigenvalue weighted by molar-refractivity contribution is 5.79. The molecule has 1 saturated heterocycles. The number of nitrogens with one attached hydrogen (secondary N) is 1. The highest BCUT2D eigenvalue weighted by Gasteiger charge is 2.24. The van der Waals surface area contributed by atoms with Crippen LogP contribution in [0.3, 0.4) is 0 Å². The minimum Gasteiger partial charge on any atom is -0.339 e. The van der Waals surface area contributed by atoms with Crippen LogP contribution in [0.1, 0.15) is 41.0 Å². The van der Waals surface area contributed by atoms with E-state index in [-0.39, 0.29) is 17.4 Å². The third kappa shape index (κ3) is 5.90. The lowest BCUT2D eigenvalue weighted by Gasteiger charge is -2.35. The lowest BCUT2D eigenvalue weighted by molar-refractivity contribution is -0.139. The van der Waals surface area contributed by atoms with Gasteiger partial charge in [-0.2, -0.15) is 0 Å². The minimum absolute atomic E-state index is 0.0509. The van der Waals surface area contributed by atoms with Crippen molar-refractivity contribution in [2.75, 3.05) is 32.7 Å². The number of nitrogens with zero attached hydrogens (tertiary/aromatic N) is 2. The fourth-order valence-electron chi connectivity index (χ4n) is 2.14. The molecule has 1 N–H and O–H groups in total. The molecule has 5 heteroatoms. The lowest BCUT2D eigenvalue weighted by atomic mass is 10.1. The van der Waals surface area contributed by atoms with Crippen LogP contribution in [0.4, 0.5) is 0 Å². The molecule has 5 nitrogen and oxygen atoms in total. The van der Waals surface area contributed by atoms with E-state index in [9.17, 15) is 9.59 Å². The van der Waals surface area contributed by atoms with Crippen LogP contribution < -0.4 is 5.32 Å². The van der Waals surface area contributed by atoms with Crippen molar-refractivity contribution < 1.29 is 9.59 Å². The predicted molar refractivity (Wildman–Crippen MR) is 80.4 cm³/mol. The molecule has 1 fully saturated rings. The normalized spacial score (nSPS) is 16.7. The van der Waals surface area contributed by atoms with Crippen molar-refractivity contribution in [3.05, 3.63) is 0 Å². The van der Waals surface area contributed by atoms with E-state index in [4.69, 9.17) is 0 Å². The van der Waals surface area contributed by atoms with Crippen molar-refractivity contribution in [2.45, 2.75) is 46.6 Å². The fraction of sp³-hybridized carbons (Fsp3) is 0.867. The Labute approximate surface area is 122 Å². The van der Waals surface area contributed by atoms with Crippen LogP contribution >= 0.6 is 0 Å². The Kier molecular flexibility index (Phi) is 5.99. The van der Waals surface area contributed by atoms with Crippen LogP contribution in [0.5, 0.6) is 0 Å². The van der Waals surface area contributed by atoms with Gasteiger partial charge in [-0.1, -0.05) is 13.8 Å². The number of piperazine rings is 1. The SMILES string of the molecule is CC(C)CC(=O)N1CCN(C(=O)CNC(C)(C)C)CC1. The second kappa shape index (κ2) is 7.07. The second-order valence-electron chi connectivity index (χ2n) is 6.96. The van der Waals surface area contributed by atoms with Crippen LogP contribution in [-0.2, 0) is 9.59 Å². The standard InChI is InChI=1S/C15H29N3O2/c1-12(2)10-13(19)17-6-8-18(9-7-17)14(20)11-16-15(3,4)5/h12,16H,6-11H2,1-5H3. The second-order valence-corrected chi connectivity index (χ2v) is 6.96. The summed E-state index contributed by atoms with van der Waals surface area (Å²) in [5.41, 5.74) is -0.0509. The van der Waals surface area contributed by atoms with Crippen LogP contribution in [0.2, 0.25) is 0 Å². The summed E-state index contributed by atoms with van der Waals surface area (Å²) in [4.78, 5) is 27.7. The van der Waals surface area contributed by atoms with E-state index >= 15 is 0 Å². The maximum Gasteiger partial charge on any atom is 0.236 e. The number of hydrogen-bond acceptors (Lipinski definition) is 3. The molecule has 116 valence electrons. The number of carbonyl (C=O) groups excluding carboxylic acids is 2. The first-order valence-corrected chi connectivity index (χ1v) is 7.49. The largest absolute Gasteiger partial charge is 0.339 e. The predicted octanol–water partition coefficient (Wildman–Crippen LogP) is 1.09. The molecular formula is C15H29N3O2. The van der Waals surface area contributed by atoms with Crippen molar-refractivity contribution >= 4 is 11.8 Å². The monoisotopic (exact) mass is 283 g/mol. The average Bonchev–Trinajstić information content (AvgIpc) is 2.34. The molecule has 2 amide bonds. The van der Waals surface area contributed by atoms with Gasteiger partial charge in [0.05, 0.1) is 6.54 Å². The van der Waals surface area contributed by atoms with Crippen molar-refractivity contribution in [1.29, 1.82) is 0 Å². The summed E-state index contributed by atoms with van der Waals surface area (Å²) in [5, 5.41) is 3.21. The smallest absolute Gasteiger partial charge is 0.236 e. The van der Waals surface area contributed by atoms with Crippen LogP contribution in [0.25, 0.3) is 0 Å². The molecule has 0 spiro atoms. The highest BCUT2D eigenvalue weighted by Crippen LogP contribution is 2.08. The van der Waals surface area contributed by atoms with E-state index in [1.165, 1.54) is 0 Å². The van der Waals surface area contributed by atoms with Crippen LogP contribution in [0, 0.1) is 5.92 Å². The number of amides is 2. The van der Waals surface area contributed by atoms with E-state index in [0.717, 1.165) is 0 Å². The quantitative estimate of drug-likeness (QED) is 0.840. The minimum atomic E-state index is -0.0509. The van der Waals surface area contributed by atoms with Gasteiger partial charge in [0.1, 0.15) is 0 Å². The maximum absolute atomic E-state index is 12.1. The van der Waals surface area contributed by atoms with E-state index in [1.54, 1.807) is 0 Å². The van der Waals surface area contributed by atoms with Crippen molar-refractivity contribution in [1.82, 2.24) is 15.1 Å². The topological polar surface area (TPSA) is 52.7 Å². The van der Waals surface area contributed by atoms with E-state index in [1.807, 2.05) is 30.6 Å². The van der Waals surface area contributed by atoms with Gasteiger partial charge in [-0.3, -0.25) is 9.59 Å². The van der Waals surface area contributed by atoms with E-state index in [2.05, 4.69) is 19.2 Å². The summed E-state index contributed by atoms with van der Waals surface area (Å²) in [6, 6.07) is 0. The molecule has 0 radical (unpaired) electrons. The molecule has 0 bridgehead atoms. The highest BCUT2D eigenvalue weighted by atomic mass is 16.2. The molecule has 0 aromatic heterocycles. The van der Waals surface area contributed by atoms with Crippen molar-refractivity contribution in [3.63, 3.8) is 0 Å². The van der Waals surface area contributed by atoms with Gasteiger partial charge in [0.2, 0.25) is 11.8 Å². The van der Waals surface area contributed by atoms with Gasteiger partial charge in [-0.25, -0.2) is 0 Å². The Morgan fingerprint density at radius 2 is 1.45 bits per heavy atom. The first-order valence-electron chi connectivity index (χ1n) is 7.49. The fourth-order valence-corrected chi connectivity index (χ4v) is 2.14. The summed E-state index contributed by atoms with van der Waals surface area (Å²) in [6.07, 6.45) is 0.597. The average molecular weight is 283 g/mol. The molecule has 0 aromatic carbocycles. The van der Waals surface area contributed by atoms with Gasteiger partial charge in [-0.15, -0.1) is 0 Å². The summed E-state index contributed by atoms with van der Waals surface area (Å²) in [5.74, 6) is 0.717. The zero-order chi connectivity index (χ0) is 15.3. The number of hydrogen-bond donors (Lipinski definition) is 1. The first kappa shape index (κ1) is 17.0. The Bertz CT molecular complexity index is 340. The Morgan fingerprint density at radius 1 is 1.00 bits per heavy atom. The number of rotatable bonds is 4. The van der Waals surface area contributed by atoms with Crippen LogP contribution in [-0.4, -0.2) is 59.9 Å². The maximum atomic E-state index is 12.1. The lowest BCUT2D eigenvalue weighted by Crippen LogP contribution is -2.53. The third-order valence-corrected chi connectivity index (χ3v) is 3.34. The molecule has 0 atom stereocenters. The molecule has 1 aliphatic rings. The zero-order valence-corrected chi connectivity index (χ0v) is 13.5. The van der Waals surface area contributed by atoms with Crippen LogP contribution in [0.15, 0.2) is 0 Å². The molecular weight excluding hydrogens is 254 g/mol. The summed E-state index contributed by atoms with van der Waals surface area (Å²) in [7, 11) is 0. The number of carbonyl (C=O) groups is 2. The van der Waals surface area contributed by atoms with Gasteiger partial charge in [0, 0.05) is 38.1 Å². The molecule has 1 heterocycles. The molecule has 1 rings (SSSR count). The first-order chi connectivity index (χ1) is 9.19. The Hall–Kier alpha value is -1.10. The zero-order valence-electron chi connectivity index (χ0n) is 13.5. The van der Waals surface area contributed by atoms with Gasteiger partial charge in [0.25, 0.3) is 0 Å². The van der Waals surface area contributed by atoms with Gasteiger partial charge in [0.15, 0.2) is 0 Å². The molecule has 1 aliphatic heterocycles. The van der Waals surface area contributed by atoms with E-state index in [0.29, 0.717) is 45.1 Å². The molecule has 0 unspecified atom stereocenters. The summed E-state index contributed by atoms with van der Waals surface area (Å²) >= 11 is 0. The van der Waals surface area contributed by atoms with Gasteiger partial charge < -0.3 is 15.1 Å².